The number of unbranched alkanes of at least 4 members (excludes halogenated alkanes) is 5. The number of rotatable bonds is 11. The molecule has 0 spiro atoms. The standard InChI is InChI=1S/C34H42N2O2/c1-2-3-4-5-6-8-11-26-14-16-28(17-15-26)30-20-24-32(25-21-30)34(38)36-35-33(37)31-22-18-29(19-23-31)27-12-9-7-10-13-27/h7,9-10,12-17,20-21,24-25,29,31H,2-6,8,11,18-19,22-23H2,1H3,(H,35,37)(H,36,38). The van der Waals surface area contributed by atoms with Crippen LogP contribution in [-0.4, -0.2) is 11.8 Å². The van der Waals surface area contributed by atoms with Crippen LogP contribution in [0.1, 0.15) is 98.5 Å². The first-order valence-electron chi connectivity index (χ1n) is 14.5. The number of hydrogen-bond acceptors (Lipinski definition) is 2. The van der Waals surface area contributed by atoms with Crippen molar-refractivity contribution in [3.63, 3.8) is 0 Å². The zero-order valence-corrected chi connectivity index (χ0v) is 22.8. The van der Waals surface area contributed by atoms with Crippen LogP contribution in [0.25, 0.3) is 11.1 Å². The van der Waals surface area contributed by atoms with Gasteiger partial charge in [-0.1, -0.05) is 106 Å². The topological polar surface area (TPSA) is 58.2 Å². The Hall–Kier alpha value is -3.40. The van der Waals surface area contributed by atoms with E-state index >= 15 is 0 Å². The number of hydrogen-bond donors (Lipinski definition) is 2. The van der Waals surface area contributed by atoms with Gasteiger partial charge in [-0.15, -0.1) is 0 Å². The van der Waals surface area contributed by atoms with E-state index in [2.05, 4.69) is 66.3 Å². The highest BCUT2D eigenvalue weighted by atomic mass is 16.2. The summed E-state index contributed by atoms with van der Waals surface area (Å²) in [5.41, 5.74) is 10.7. The van der Waals surface area contributed by atoms with Gasteiger partial charge in [0, 0.05) is 11.5 Å². The molecule has 1 aliphatic rings. The third-order valence-corrected chi connectivity index (χ3v) is 7.92. The number of carbonyl (C=O) groups excluding carboxylic acids is 2. The Morgan fingerprint density at radius 3 is 1.95 bits per heavy atom. The summed E-state index contributed by atoms with van der Waals surface area (Å²) in [6, 6.07) is 26.8. The molecule has 0 aromatic heterocycles. The molecule has 4 heteroatoms. The number of nitrogens with one attached hydrogen (secondary N) is 2. The molecular weight excluding hydrogens is 468 g/mol. The van der Waals surface area contributed by atoms with E-state index in [9.17, 15) is 9.59 Å². The largest absolute Gasteiger partial charge is 0.273 e. The van der Waals surface area contributed by atoms with E-state index in [4.69, 9.17) is 0 Å². The summed E-state index contributed by atoms with van der Waals surface area (Å²) in [5, 5.41) is 0. The van der Waals surface area contributed by atoms with E-state index in [1.165, 1.54) is 49.7 Å². The van der Waals surface area contributed by atoms with E-state index in [-0.39, 0.29) is 17.7 Å². The lowest BCUT2D eigenvalue weighted by molar-refractivity contribution is -0.126. The van der Waals surface area contributed by atoms with Gasteiger partial charge in [0.05, 0.1) is 0 Å². The van der Waals surface area contributed by atoms with Gasteiger partial charge < -0.3 is 0 Å². The molecule has 0 aliphatic heterocycles. The minimum atomic E-state index is -0.294. The molecule has 2 N–H and O–H groups in total. The van der Waals surface area contributed by atoms with Crippen molar-refractivity contribution in [2.24, 2.45) is 5.92 Å². The number of aryl methyl sites for hydroxylation is 1. The van der Waals surface area contributed by atoms with Crippen molar-refractivity contribution in [3.8, 4) is 11.1 Å². The first kappa shape index (κ1) is 27.6. The molecule has 1 fully saturated rings. The monoisotopic (exact) mass is 510 g/mol. The van der Waals surface area contributed by atoms with Crippen molar-refractivity contribution in [3.05, 3.63) is 95.6 Å². The Labute approximate surface area is 228 Å². The molecule has 0 radical (unpaired) electrons. The third kappa shape index (κ3) is 8.05. The average Bonchev–Trinajstić information content (AvgIpc) is 2.98. The first-order chi connectivity index (χ1) is 18.6. The van der Waals surface area contributed by atoms with Crippen molar-refractivity contribution < 1.29 is 9.59 Å². The predicted molar refractivity (Wildman–Crippen MR) is 156 cm³/mol. The fourth-order valence-electron chi connectivity index (χ4n) is 5.49. The highest BCUT2D eigenvalue weighted by molar-refractivity contribution is 5.96. The lowest BCUT2D eigenvalue weighted by Gasteiger charge is -2.28. The molecule has 200 valence electrons. The van der Waals surface area contributed by atoms with Gasteiger partial charge in [-0.3, -0.25) is 20.4 Å². The molecule has 0 bridgehead atoms. The predicted octanol–water partition coefficient (Wildman–Crippen LogP) is 7.99. The van der Waals surface area contributed by atoms with Crippen LogP contribution in [0.15, 0.2) is 78.9 Å². The van der Waals surface area contributed by atoms with Gasteiger partial charge in [-0.2, -0.15) is 0 Å². The van der Waals surface area contributed by atoms with Gasteiger partial charge in [-0.05, 0) is 78.8 Å². The molecule has 3 aromatic carbocycles. The van der Waals surface area contributed by atoms with Crippen molar-refractivity contribution in [1.29, 1.82) is 0 Å². The molecule has 2 amide bonds. The van der Waals surface area contributed by atoms with Gasteiger partial charge in [0.1, 0.15) is 0 Å². The highest BCUT2D eigenvalue weighted by Crippen LogP contribution is 2.35. The van der Waals surface area contributed by atoms with Crippen LogP contribution in [0, 0.1) is 5.92 Å². The van der Waals surface area contributed by atoms with Crippen LogP contribution >= 0.6 is 0 Å². The Morgan fingerprint density at radius 1 is 0.684 bits per heavy atom. The van der Waals surface area contributed by atoms with Gasteiger partial charge in [-0.25, -0.2) is 0 Å². The fourth-order valence-corrected chi connectivity index (χ4v) is 5.49. The summed E-state index contributed by atoms with van der Waals surface area (Å²) in [6.45, 7) is 2.25. The van der Waals surface area contributed by atoms with E-state index in [0.29, 0.717) is 11.5 Å². The lowest BCUT2D eigenvalue weighted by atomic mass is 9.78. The van der Waals surface area contributed by atoms with Crippen LogP contribution in [0.5, 0.6) is 0 Å². The molecule has 1 aliphatic carbocycles. The van der Waals surface area contributed by atoms with Gasteiger partial charge in [0.25, 0.3) is 5.91 Å². The maximum absolute atomic E-state index is 12.6. The van der Waals surface area contributed by atoms with Gasteiger partial charge >= 0.3 is 0 Å². The fraction of sp³-hybridized carbons (Fsp3) is 0.412. The Kier molecular flexibility index (Phi) is 10.6. The second kappa shape index (κ2) is 14.5. The van der Waals surface area contributed by atoms with Crippen molar-refractivity contribution in [2.75, 3.05) is 0 Å². The normalized spacial score (nSPS) is 17.1. The second-order valence-electron chi connectivity index (χ2n) is 10.7. The second-order valence-corrected chi connectivity index (χ2v) is 10.7. The van der Waals surface area contributed by atoms with Gasteiger partial charge in [0.2, 0.25) is 5.91 Å². The molecular formula is C34H42N2O2. The van der Waals surface area contributed by atoms with Crippen LogP contribution in [-0.2, 0) is 11.2 Å². The molecule has 0 heterocycles. The molecule has 4 rings (SSSR count). The van der Waals surface area contributed by atoms with Crippen molar-refractivity contribution in [2.45, 2.75) is 83.5 Å². The van der Waals surface area contributed by atoms with Gasteiger partial charge in [0.15, 0.2) is 0 Å². The number of carbonyl (C=O) groups is 2. The summed E-state index contributed by atoms with van der Waals surface area (Å²) in [6.07, 6.45) is 12.7. The quantitative estimate of drug-likeness (QED) is 0.203. The summed E-state index contributed by atoms with van der Waals surface area (Å²) in [5.74, 6) is 0.0752. The SMILES string of the molecule is CCCCCCCCc1ccc(-c2ccc(C(=O)NNC(=O)C3CCC(c4ccccc4)CC3)cc2)cc1. The molecule has 0 unspecified atom stereocenters. The third-order valence-electron chi connectivity index (χ3n) is 7.92. The average molecular weight is 511 g/mol. The zero-order valence-electron chi connectivity index (χ0n) is 22.8. The number of benzene rings is 3. The minimum absolute atomic E-state index is 0.0540. The molecule has 0 saturated heterocycles. The Morgan fingerprint density at radius 2 is 1.29 bits per heavy atom. The van der Waals surface area contributed by atoms with E-state index in [0.717, 1.165) is 43.2 Å². The highest BCUT2D eigenvalue weighted by Gasteiger charge is 2.27. The summed E-state index contributed by atoms with van der Waals surface area (Å²) >= 11 is 0. The molecule has 4 nitrogen and oxygen atoms in total. The van der Waals surface area contributed by atoms with Crippen molar-refractivity contribution >= 4 is 11.8 Å². The molecule has 0 atom stereocenters. The Bertz CT molecular complexity index is 1130. The molecule has 1 saturated carbocycles. The minimum Gasteiger partial charge on any atom is -0.273 e. The summed E-state index contributed by atoms with van der Waals surface area (Å²) < 4.78 is 0. The molecule has 3 aromatic rings. The first-order valence-corrected chi connectivity index (χ1v) is 14.5. The van der Waals surface area contributed by atoms with Crippen LogP contribution in [0.2, 0.25) is 0 Å². The van der Waals surface area contributed by atoms with Crippen LogP contribution in [0.3, 0.4) is 0 Å². The van der Waals surface area contributed by atoms with Crippen LogP contribution in [0.4, 0.5) is 0 Å². The molecule has 38 heavy (non-hydrogen) atoms. The van der Waals surface area contributed by atoms with Crippen LogP contribution < -0.4 is 10.9 Å². The van der Waals surface area contributed by atoms with E-state index in [1.54, 1.807) is 0 Å². The summed E-state index contributed by atoms with van der Waals surface area (Å²) in [4.78, 5) is 25.3. The maximum Gasteiger partial charge on any atom is 0.269 e. The lowest BCUT2D eigenvalue weighted by Crippen LogP contribution is -2.45. The Balaban J connectivity index is 1.19. The van der Waals surface area contributed by atoms with E-state index in [1.807, 2.05) is 30.3 Å². The zero-order chi connectivity index (χ0) is 26.6. The maximum atomic E-state index is 12.6. The number of amides is 2. The van der Waals surface area contributed by atoms with E-state index < -0.39 is 0 Å². The summed E-state index contributed by atoms with van der Waals surface area (Å²) in [7, 11) is 0. The number of hydrazine groups is 1. The smallest absolute Gasteiger partial charge is 0.269 e. The van der Waals surface area contributed by atoms with Crippen molar-refractivity contribution in [1.82, 2.24) is 10.9 Å².